The van der Waals surface area contributed by atoms with E-state index in [9.17, 15) is 0 Å². The molecule has 6 nitrogen and oxygen atoms in total. The van der Waals surface area contributed by atoms with E-state index >= 15 is 0 Å². The van der Waals surface area contributed by atoms with Gasteiger partial charge in [0.1, 0.15) is 11.5 Å². The lowest BCUT2D eigenvalue weighted by molar-refractivity contribution is 0.297. The fraction of sp³-hybridized carbons (Fsp3) is 0.650. The van der Waals surface area contributed by atoms with E-state index in [0.29, 0.717) is 6.54 Å². The quantitative estimate of drug-likeness (QED) is 0.372. The molecule has 0 heterocycles. The molecule has 0 amide bonds. The summed E-state index contributed by atoms with van der Waals surface area (Å²) in [4.78, 5) is 8.96. The van der Waals surface area contributed by atoms with Gasteiger partial charge in [0.05, 0.1) is 14.2 Å². The van der Waals surface area contributed by atoms with E-state index in [0.717, 1.165) is 55.6 Å². The number of aliphatic imine (C=N–C) groups is 1. The van der Waals surface area contributed by atoms with Gasteiger partial charge in [0.25, 0.3) is 0 Å². The summed E-state index contributed by atoms with van der Waals surface area (Å²) in [6, 6.07) is 5.90. The Bertz CT molecular complexity index is 545. The number of benzene rings is 1. The first kappa shape index (κ1) is 22.1. The third kappa shape index (κ3) is 7.12. The van der Waals surface area contributed by atoms with E-state index in [1.54, 1.807) is 14.2 Å². The van der Waals surface area contributed by atoms with Gasteiger partial charge in [-0.25, -0.2) is 0 Å². The molecule has 1 aromatic carbocycles. The average Bonchev–Trinajstić information content (AvgIpc) is 2.67. The van der Waals surface area contributed by atoms with Crippen molar-refractivity contribution in [2.24, 2.45) is 4.99 Å². The molecule has 0 aliphatic rings. The lowest BCUT2D eigenvalue weighted by atomic mass is 10.2. The molecule has 1 rings (SSSR count). The molecular weight excluding hydrogens is 328 g/mol. The van der Waals surface area contributed by atoms with Crippen LogP contribution in [0.25, 0.3) is 0 Å². The van der Waals surface area contributed by atoms with Crippen molar-refractivity contribution in [3.05, 3.63) is 23.8 Å². The number of methoxy groups -OCH3 is 2. The molecule has 0 aromatic heterocycles. The zero-order valence-corrected chi connectivity index (χ0v) is 17.3. The number of nitrogens with zero attached hydrogens (tertiary/aromatic N) is 3. The zero-order chi connectivity index (χ0) is 19.4. The summed E-state index contributed by atoms with van der Waals surface area (Å²) in [6.45, 7) is 9.48. The van der Waals surface area contributed by atoms with Gasteiger partial charge in [-0.3, -0.25) is 4.99 Å². The van der Waals surface area contributed by atoms with Crippen LogP contribution in [0.5, 0.6) is 11.5 Å². The largest absolute Gasteiger partial charge is 0.497 e. The van der Waals surface area contributed by atoms with Gasteiger partial charge in [0.15, 0.2) is 5.96 Å². The van der Waals surface area contributed by atoms with Gasteiger partial charge in [0.2, 0.25) is 0 Å². The highest BCUT2D eigenvalue weighted by Gasteiger charge is 2.11. The minimum absolute atomic E-state index is 0.715. The smallest absolute Gasteiger partial charge is 0.193 e. The van der Waals surface area contributed by atoms with Gasteiger partial charge in [-0.2, -0.15) is 0 Å². The molecule has 0 radical (unpaired) electrons. The molecule has 0 aliphatic carbocycles. The Morgan fingerprint density at radius 2 is 1.85 bits per heavy atom. The summed E-state index contributed by atoms with van der Waals surface area (Å²) in [6.07, 6.45) is 2.33. The average molecular weight is 365 g/mol. The van der Waals surface area contributed by atoms with Crippen molar-refractivity contribution in [2.75, 3.05) is 54.5 Å². The molecule has 0 unspecified atom stereocenters. The summed E-state index contributed by atoms with van der Waals surface area (Å²) in [7, 11) is 7.20. The molecule has 0 aliphatic heterocycles. The zero-order valence-electron chi connectivity index (χ0n) is 17.3. The Morgan fingerprint density at radius 1 is 1.12 bits per heavy atom. The maximum absolute atomic E-state index is 5.49. The fourth-order valence-electron chi connectivity index (χ4n) is 2.90. The molecule has 0 bridgehead atoms. The molecule has 1 N–H and O–H groups in total. The second-order valence-corrected chi connectivity index (χ2v) is 6.24. The van der Waals surface area contributed by atoms with Crippen LogP contribution in [0.15, 0.2) is 23.2 Å². The van der Waals surface area contributed by atoms with Gasteiger partial charge >= 0.3 is 0 Å². The van der Waals surface area contributed by atoms with E-state index in [1.807, 2.05) is 32.3 Å². The number of unbranched alkanes of at least 4 members (excludes halogenated alkanes) is 1. The summed E-state index contributed by atoms with van der Waals surface area (Å²) in [5.41, 5.74) is 1.10. The van der Waals surface area contributed by atoms with Gasteiger partial charge in [-0.05, 0) is 44.6 Å². The third-order valence-electron chi connectivity index (χ3n) is 4.55. The first-order valence-electron chi connectivity index (χ1n) is 9.44. The standard InChI is InChI=1S/C20H36N4O2/c1-7-24(8-2)14-10-9-13-22-20(21-3)23(4)16-17-11-12-18(25-5)15-19(17)26-6/h11-12,15H,7-10,13-14,16H2,1-6H3,(H,21,22). The van der Waals surface area contributed by atoms with Gasteiger partial charge in [-0.1, -0.05) is 13.8 Å². The van der Waals surface area contributed by atoms with Gasteiger partial charge in [0, 0.05) is 38.8 Å². The molecule has 0 saturated carbocycles. The van der Waals surface area contributed by atoms with Crippen molar-refractivity contribution in [1.82, 2.24) is 15.1 Å². The minimum atomic E-state index is 0.715. The van der Waals surface area contributed by atoms with Gasteiger partial charge in [-0.15, -0.1) is 0 Å². The molecule has 0 spiro atoms. The molecule has 1 aromatic rings. The predicted octanol–water partition coefficient (Wildman–Crippen LogP) is 2.83. The monoisotopic (exact) mass is 364 g/mol. The predicted molar refractivity (Wildman–Crippen MR) is 109 cm³/mol. The first-order chi connectivity index (χ1) is 12.6. The Balaban J connectivity index is 2.50. The molecule has 6 heteroatoms. The van der Waals surface area contributed by atoms with Crippen molar-refractivity contribution in [3.63, 3.8) is 0 Å². The van der Waals surface area contributed by atoms with Crippen molar-refractivity contribution >= 4 is 5.96 Å². The van der Waals surface area contributed by atoms with Crippen LogP contribution < -0.4 is 14.8 Å². The number of rotatable bonds is 11. The maximum Gasteiger partial charge on any atom is 0.193 e. The van der Waals surface area contributed by atoms with Gasteiger partial charge < -0.3 is 24.6 Å². The van der Waals surface area contributed by atoms with E-state index in [4.69, 9.17) is 9.47 Å². The molecular formula is C20H36N4O2. The summed E-state index contributed by atoms with van der Waals surface area (Å²) < 4.78 is 10.7. The lowest BCUT2D eigenvalue weighted by Crippen LogP contribution is -2.39. The molecule has 26 heavy (non-hydrogen) atoms. The van der Waals surface area contributed by atoms with E-state index in [-0.39, 0.29) is 0 Å². The van der Waals surface area contributed by atoms with Crippen LogP contribution in [-0.2, 0) is 6.54 Å². The van der Waals surface area contributed by atoms with Crippen LogP contribution >= 0.6 is 0 Å². The van der Waals surface area contributed by atoms with Crippen molar-refractivity contribution < 1.29 is 9.47 Å². The molecule has 148 valence electrons. The SMILES string of the molecule is CCN(CC)CCCCNC(=NC)N(C)Cc1ccc(OC)cc1OC. The number of nitrogens with one attached hydrogen (secondary N) is 1. The van der Waals surface area contributed by atoms with E-state index in [2.05, 4.69) is 34.0 Å². The van der Waals surface area contributed by atoms with E-state index < -0.39 is 0 Å². The number of hydrogen-bond donors (Lipinski definition) is 1. The highest BCUT2D eigenvalue weighted by Crippen LogP contribution is 2.25. The number of guanidine groups is 1. The first-order valence-corrected chi connectivity index (χ1v) is 9.44. The number of hydrogen-bond acceptors (Lipinski definition) is 4. The van der Waals surface area contributed by atoms with Crippen LogP contribution in [0.4, 0.5) is 0 Å². The molecule has 0 fully saturated rings. The normalized spacial score (nSPS) is 11.6. The summed E-state index contributed by atoms with van der Waals surface area (Å²) >= 11 is 0. The Morgan fingerprint density at radius 3 is 2.42 bits per heavy atom. The summed E-state index contributed by atoms with van der Waals surface area (Å²) in [5.74, 6) is 2.51. The van der Waals surface area contributed by atoms with Crippen LogP contribution in [0, 0.1) is 0 Å². The maximum atomic E-state index is 5.49. The van der Waals surface area contributed by atoms with Crippen LogP contribution in [0.2, 0.25) is 0 Å². The highest BCUT2D eigenvalue weighted by molar-refractivity contribution is 5.79. The van der Waals surface area contributed by atoms with Crippen molar-refractivity contribution in [2.45, 2.75) is 33.2 Å². The third-order valence-corrected chi connectivity index (χ3v) is 4.55. The second kappa shape index (κ2) is 12.4. The highest BCUT2D eigenvalue weighted by atomic mass is 16.5. The summed E-state index contributed by atoms with van der Waals surface area (Å²) in [5, 5.41) is 3.45. The second-order valence-electron chi connectivity index (χ2n) is 6.24. The lowest BCUT2D eigenvalue weighted by Gasteiger charge is -2.23. The van der Waals surface area contributed by atoms with Crippen LogP contribution in [0.3, 0.4) is 0 Å². The molecule has 0 saturated heterocycles. The topological polar surface area (TPSA) is 49.3 Å². The van der Waals surface area contributed by atoms with Crippen LogP contribution in [-0.4, -0.2) is 70.3 Å². The Kier molecular flexibility index (Phi) is 10.5. The fourth-order valence-corrected chi connectivity index (χ4v) is 2.90. The van der Waals surface area contributed by atoms with E-state index in [1.165, 1.54) is 6.42 Å². The Labute approximate surface area is 159 Å². The van der Waals surface area contributed by atoms with Crippen molar-refractivity contribution in [3.8, 4) is 11.5 Å². The van der Waals surface area contributed by atoms with Crippen molar-refractivity contribution in [1.29, 1.82) is 0 Å². The van der Waals surface area contributed by atoms with Crippen LogP contribution in [0.1, 0.15) is 32.3 Å². The molecule has 0 atom stereocenters. The Hall–Kier alpha value is -1.95. The number of ether oxygens (including phenoxy) is 2. The minimum Gasteiger partial charge on any atom is -0.497 e.